The smallest absolute Gasteiger partial charge is 0.224 e. The molecule has 0 unspecified atom stereocenters. The fourth-order valence-corrected chi connectivity index (χ4v) is 2.33. The van der Waals surface area contributed by atoms with E-state index in [1.807, 2.05) is 36.4 Å². The maximum Gasteiger partial charge on any atom is 0.224 e. The summed E-state index contributed by atoms with van der Waals surface area (Å²) in [7, 11) is 1.75. The average molecular weight is 498 g/mol. The average Bonchev–Trinajstić information content (AvgIpc) is 2.64. The molecular formula is C21H31IN4O2. The molecule has 0 saturated heterocycles. The predicted molar refractivity (Wildman–Crippen MR) is 125 cm³/mol. The molecule has 2 N–H and O–H groups in total. The summed E-state index contributed by atoms with van der Waals surface area (Å²) in [6.07, 6.45) is 2.66. The van der Waals surface area contributed by atoms with E-state index in [1.54, 1.807) is 13.2 Å². The number of halogens is 1. The second kappa shape index (κ2) is 11.7. The summed E-state index contributed by atoms with van der Waals surface area (Å²) < 4.78 is 11.8. The van der Waals surface area contributed by atoms with E-state index in [4.69, 9.17) is 9.47 Å². The molecule has 0 aliphatic heterocycles. The third-order valence-electron chi connectivity index (χ3n) is 3.53. The number of aliphatic imine (C=N–C) groups is 1. The number of ether oxygens (including phenoxy) is 2. The van der Waals surface area contributed by atoms with Gasteiger partial charge in [-0.1, -0.05) is 25.1 Å². The van der Waals surface area contributed by atoms with Crippen LogP contribution in [0.2, 0.25) is 0 Å². The topological polar surface area (TPSA) is 67.8 Å². The van der Waals surface area contributed by atoms with Crippen molar-refractivity contribution in [2.45, 2.75) is 46.2 Å². The van der Waals surface area contributed by atoms with Crippen LogP contribution < -0.4 is 20.1 Å². The summed E-state index contributed by atoms with van der Waals surface area (Å²) in [4.78, 5) is 8.66. The molecule has 154 valence electrons. The lowest BCUT2D eigenvalue weighted by atomic mass is 10.1. The summed E-state index contributed by atoms with van der Waals surface area (Å²) in [5.74, 6) is 2.64. The summed E-state index contributed by atoms with van der Waals surface area (Å²) in [5.41, 5.74) is 0.853. The summed E-state index contributed by atoms with van der Waals surface area (Å²) in [6, 6.07) is 11.5. The van der Waals surface area contributed by atoms with Crippen molar-refractivity contribution < 1.29 is 9.47 Å². The summed E-state index contributed by atoms with van der Waals surface area (Å²) >= 11 is 0. The maximum absolute atomic E-state index is 6.07. The second-order valence-electron chi connectivity index (χ2n) is 7.17. The van der Waals surface area contributed by atoms with Crippen molar-refractivity contribution in [3.63, 3.8) is 0 Å². The number of nitrogens with one attached hydrogen (secondary N) is 2. The van der Waals surface area contributed by atoms with Crippen molar-refractivity contribution in [1.82, 2.24) is 15.6 Å². The van der Waals surface area contributed by atoms with Crippen LogP contribution in [-0.4, -0.2) is 30.1 Å². The van der Waals surface area contributed by atoms with Crippen LogP contribution in [-0.2, 0) is 6.54 Å². The molecule has 1 aromatic carbocycles. The number of hydrogen-bond donors (Lipinski definition) is 2. The standard InChI is InChI=1S/C21H30N4O2.HI/c1-6-14-26-17-11-7-8-12-18(17)27-19-16(10-9-13-23-19)15-24-20(22-5)25-21(2,3)4;/h7-13H,6,14-15H2,1-5H3,(H2,22,24,25);1H. The van der Waals surface area contributed by atoms with Gasteiger partial charge in [0.05, 0.1) is 6.61 Å². The first-order valence-corrected chi connectivity index (χ1v) is 9.25. The van der Waals surface area contributed by atoms with E-state index in [0.29, 0.717) is 30.5 Å². The van der Waals surface area contributed by atoms with Gasteiger partial charge in [-0.15, -0.1) is 24.0 Å². The van der Waals surface area contributed by atoms with E-state index >= 15 is 0 Å². The van der Waals surface area contributed by atoms with Crippen molar-refractivity contribution in [1.29, 1.82) is 0 Å². The van der Waals surface area contributed by atoms with Crippen LogP contribution in [0.4, 0.5) is 0 Å². The lowest BCUT2D eigenvalue weighted by molar-refractivity contribution is 0.300. The van der Waals surface area contributed by atoms with Gasteiger partial charge in [-0.05, 0) is 45.4 Å². The molecule has 1 heterocycles. The Labute approximate surface area is 185 Å². The number of hydrogen-bond acceptors (Lipinski definition) is 4. The van der Waals surface area contributed by atoms with Gasteiger partial charge in [-0.25, -0.2) is 4.98 Å². The van der Waals surface area contributed by atoms with E-state index in [9.17, 15) is 0 Å². The highest BCUT2D eigenvalue weighted by Gasteiger charge is 2.14. The van der Waals surface area contributed by atoms with E-state index in [1.165, 1.54) is 0 Å². The van der Waals surface area contributed by atoms with Gasteiger partial charge in [0.15, 0.2) is 17.5 Å². The van der Waals surface area contributed by atoms with E-state index in [0.717, 1.165) is 17.9 Å². The minimum atomic E-state index is -0.0777. The Bertz CT molecular complexity index is 760. The fraction of sp³-hybridized carbons (Fsp3) is 0.429. The summed E-state index contributed by atoms with van der Waals surface area (Å²) in [6.45, 7) is 9.52. The van der Waals surface area contributed by atoms with Crippen molar-refractivity contribution >= 4 is 29.9 Å². The number of rotatable bonds is 7. The van der Waals surface area contributed by atoms with Crippen LogP contribution in [0.25, 0.3) is 0 Å². The molecular weight excluding hydrogens is 467 g/mol. The van der Waals surface area contributed by atoms with Gasteiger partial charge in [0.1, 0.15) is 0 Å². The van der Waals surface area contributed by atoms with Crippen molar-refractivity contribution in [3.8, 4) is 17.4 Å². The van der Waals surface area contributed by atoms with Gasteiger partial charge in [-0.3, -0.25) is 4.99 Å². The minimum absolute atomic E-state index is 0. The number of para-hydroxylation sites is 2. The van der Waals surface area contributed by atoms with Gasteiger partial charge in [0.2, 0.25) is 5.88 Å². The molecule has 2 rings (SSSR count). The molecule has 0 bridgehead atoms. The lowest BCUT2D eigenvalue weighted by Crippen LogP contribution is -2.47. The maximum atomic E-state index is 6.07. The Balaban J connectivity index is 0.00000392. The molecule has 0 spiro atoms. The number of pyridine rings is 1. The monoisotopic (exact) mass is 498 g/mol. The Morgan fingerprint density at radius 3 is 2.46 bits per heavy atom. The van der Waals surface area contributed by atoms with Gasteiger partial charge in [-0.2, -0.15) is 0 Å². The van der Waals surface area contributed by atoms with Gasteiger partial charge in [0, 0.05) is 30.9 Å². The third kappa shape index (κ3) is 7.92. The fourth-order valence-electron chi connectivity index (χ4n) is 2.33. The van der Waals surface area contributed by atoms with Gasteiger partial charge >= 0.3 is 0 Å². The zero-order valence-corrected chi connectivity index (χ0v) is 19.6. The Morgan fingerprint density at radius 1 is 1.11 bits per heavy atom. The highest BCUT2D eigenvalue weighted by Crippen LogP contribution is 2.31. The molecule has 0 aliphatic carbocycles. The lowest BCUT2D eigenvalue weighted by Gasteiger charge is -2.24. The van der Waals surface area contributed by atoms with Crippen LogP contribution in [0.5, 0.6) is 17.4 Å². The third-order valence-corrected chi connectivity index (χ3v) is 3.53. The first-order valence-electron chi connectivity index (χ1n) is 9.25. The van der Waals surface area contributed by atoms with Crippen molar-refractivity contribution in [3.05, 3.63) is 48.2 Å². The Hall–Kier alpha value is -2.03. The van der Waals surface area contributed by atoms with Crippen LogP contribution in [0.1, 0.15) is 39.7 Å². The number of benzene rings is 1. The normalized spacial score (nSPS) is 11.4. The van der Waals surface area contributed by atoms with Crippen molar-refractivity contribution in [2.75, 3.05) is 13.7 Å². The molecule has 0 saturated carbocycles. The molecule has 6 nitrogen and oxygen atoms in total. The molecule has 0 atom stereocenters. The molecule has 7 heteroatoms. The second-order valence-corrected chi connectivity index (χ2v) is 7.17. The number of aromatic nitrogens is 1. The Kier molecular flexibility index (Phi) is 10.1. The predicted octanol–water partition coefficient (Wildman–Crippen LogP) is 4.74. The number of nitrogens with zero attached hydrogens (tertiary/aromatic N) is 2. The van der Waals surface area contributed by atoms with Crippen LogP contribution in [0.3, 0.4) is 0 Å². The molecule has 0 radical (unpaired) electrons. The zero-order valence-electron chi connectivity index (χ0n) is 17.3. The van der Waals surface area contributed by atoms with Crippen molar-refractivity contribution in [2.24, 2.45) is 4.99 Å². The first kappa shape index (κ1) is 24.0. The van der Waals surface area contributed by atoms with Gasteiger partial charge in [0.25, 0.3) is 0 Å². The molecule has 2 aromatic rings. The van der Waals surface area contributed by atoms with Crippen LogP contribution >= 0.6 is 24.0 Å². The largest absolute Gasteiger partial charge is 0.490 e. The molecule has 0 fully saturated rings. The molecule has 0 aliphatic rings. The SMILES string of the molecule is CCCOc1ccccc1Oc1ncccc1CNC(=NC)NC(C)(C)C.I. The van der Waals surface area contributed by atoms with Gasteiger partial charge < -0.3 is 20.1 Å². The first-order chi connectivity index (χ1) is 12.9. The van der Waals surface area contributed by atoms with Crippen LogP contribution in [0.15, 0.2) is 47.6 Å². The number of guanidine groups is 1. The van der Waals surface area contributed by atoms with E-state index < -0.39 is 0 Å². The Morgan fingerprint density at radius 2 is 1.82 bits per heavy atom. The molecule has 1 aromatic heterocycles. The highest BCUT2D eigenvalue weighted by atomic mass is 127. The summed E-state index contributed by atoms with van der Waals surface area (Å²) in [5, 5.41) is 6.64. The molecule has 0 amide bonds. The molecule has 28 heavy (non-hydrogen) atoms. The zero-order chi connectivity index (χ0) is 19.7. The minimum Gasteiger partial charge on any atom is -0.490 e. The van der Waals surface area contributed by atoms with Crippen LogP contribution in [0, 0.1) is 0 Å². The highest BCUT2D eigenvalue weighted by molar-refractivity contribution is 14.0. The van der Waals surface area contributed by atoms with E-state index in [2.05, 4.69) is 48.3 Å². The van der Waals surface area contributed by atoms with E-state index in [-0.39, 0.29) is 29.5 Å². The quantitative estimate of drug-likeness (QED) is 0.328.